The van der Waals surface area contributed by atoms with Crippen molar-refractivity contribution in [1.29, 1.82) is 0 Å². The second-order valence-electron chi connectivity index (χ2n) is 4.08. The number of fused-ring (bicyclic) bond motifs is 3. The second kappa shape index (κ2) is 3.44. The third kappa shape index (κ3) is 1.28. The minimum atomic E-state index is -0.828. The molecule has 0 saturated heterocycles. The molecule has 0 unspecified atom stereocenters. The van der Waals surface area contributed by atoms with Gasteiger partial charge >= 0.3 is 0 Å². The van der Waals surface area contributed by atoms with Crippen molar-refractivity contribution in [1.82, 2.24) is 0 Å². The van der Waals surface area contributed by atoms with Gasteiger partial charge in [-0.25, -0.2) is 0 Å². The Morgan fingerprint density at radius 3 is 2.62 bits per heavy atom. The molecule has 3 rings (SSSR count). The van der Waals surface area contributed by atoms with Crippen LogP contribution in [0.5, 0.6) is 0 Å². The van der Waals surface area contributed by atoms with E-state index in [0.29, 0.717) is 0 Å². The normalized spacial score (nSPS) is 23.4. The van der Waals surface area contributed by atoms with E-state index in [4.69, 9.17) is 0 Å². The van der Waals surface area contributed by atoms with Crippen LogP contribution in [0.15, 0.2) is 42.5 Å². The van der Waals surface area contributed by atoms with E-state index in [2.05, 4.69) is 0 Å². The fraction of sp³-hybridized carbons (Fsp3) is 0.143. The molecule has 2 aromatic rings. The van der Waals surface area contributed by atoms with Gasteiger partial charge < -0.3 is 10.2 Å². The Morgan fingerprint density at radius 1 is 0.938 bits per heavy atom. The van der Waals surface area contributed by atoms with Gasteiger partial charge in [0, 0.05) is 0 Å². The highest BCUT2D eigenvalue weighted by molar-refractivity contribution is 5.89. The van der Waals surface area contributed by atoms with Crippen LogP contribution >= 0.6 is 0 Å². The van der Waals surface area contributed by atoms with Crippen molar-refractivity contribution in [2.75, 3.05) is 0 Å². The van der Waals surface area contributed by atoms with Crippen LogP contribution in [0, 0.1) is 0 Å². The largest absolute Gasteiger partial charge is 0.386 e. The summed E-state index contributed by atoms with van der Waals surface area (Å²) in [4.78, 5) is 0. The average Bonchev–Trinajstić information content (AvgIpc) is 2.33. The lowest BCUT2D eigenvalue weighted by atomic mass is 9.88. The van der Waals surface area contributed by atoms with E-state index in [1.807, 2.05) is 42.5 Å². The van der Waals surface area contributed by atoms with Crippen LogP contribution in [0.25, 0.3) is 16.8 Å². The Balaban J connectivity index is 2.37. The monoisotopic (exact) mass is 212 g/mol. The molecule has 0 aromatic heterocycles. The Kier molecular flexibility index (Phi) is 2.06. The van der Waals surface area contributed by atoms with E-state index in [-0.39, 0.29) is 0 Å². The third-order valence-corrected chi connectivity index (χ3v) is 3.10. The molecule has 1 aliphatic rings. The minimum absolute atomic E-state index is 0.807. The van der Waals surface area contributed by atoms with Crippen LogP contribution in [-0.4, -0.2) is 16.3 Å². The first-order chi connectivity index (χ1) is 7.77. The van der Waals surface area contributed by atoms with Crippen molar-refractivity contribution in [2.45, 2.75) is 12.2 Å². The third-order valence-electron chi connectivity index (χ3n) is 3.10. The van der Waals surface area contributed by atoms with E-state index in [9.17, 15) is 10.2 Å². The summed E-state index contributed by atoms with van der Waals surface area (Å²) in [6.45, 7) is 0. The molecule has 2 heteroatoms. The highest BCUT2D eigenvalue weighted by Crippen LogP contribution is 2.34. The summed E-state index contributed by atoms with van der Waals surface area (Å²) >= 11 is 0. The van der Waals surface area contributed by atoms with Crippen LogP contribution < -0.4 is 0 Å². The lowest BCUT2D eigenvalue weighted by Crippen LogP contribution is -2.19. The molecule has 16 heavy (non-hydrogen) atoms. The Hall–Kier alpha value is -1.64. The van der Waals surface area contributed by atoms with Crippen LogP contribution in [0.2, 0.25) is 0 Å². The van der Waals surface area contributed by atoms with E-state index in [1.54, 1.807) is 6.08 Å². The van der Waals surface area contributed by atoms with Gasteiger partial charge in [-0.2, -0.15) is 0 Å². The van der Waals surface area contributed by atoms with Crippen LogP contribution in [0.3, 0.4) is 0 Å². The molecular weight excluding hydrogens is 200 g/mol. The van der Waals surface area contributed by atoms with Crippen molar-refractivity contribution < 1.29 is 10.2 Å². The van der Waals surface area contributed by atoms with E-state index in [0.717, 1.165) is 21.9 Å². The number of aliphatic hydroxyl groups excluding tert-OH is 2. The fourth-order valence-electron chi connectivity index (χ4n) is 2.27. The lowest BCUT2D eigenvalue weighted by molar-refractivity contribution is 0.0480. The maximum absolute atomic E-state index is 10.0. The highest BCUT2D eigenvalue weighted by atomic mass is 16.3. The summed E-state index contributed by atoms with van der Waals surface area (Å²) in [5, 5.41) is 21.8. The minimum Gasteiger partial charge on any atom is -0.386 e. The zero-order valence-electron chi connectivity index (χ0n) is 8.67. The number of aliphatic hydroxyl groups is 2. The van der Waals surface area contributed by atoms with Gasteiger partial charge in [0.05, 0.1) is 0 Å². The second-order valence-corrected chi connectivity index (χ2v) is 4.08. The molecule has 0 saturated carbocycles. The lowest BCUT2D eigenvalue weighted by Gasteiger charge is -2.23. The molecule has 0 radical (unpaired) electrons. The molecule has 2 atom stereocenters. The molecule has 80 valence electrons. The SMILES string of the molecule is O[C@@H]1C=Cc2ccc3ccccc3c2[C@@H]1O. The highest BCUT2D eigenvalue weighted by Gasteiger charge is 2.23. The summed E-state index contributed by atoms with van der Waals surface area (Å²) in [7, 11) is 0. The van der Waals surface area contributed by atoms with Crippen molar-refractivity contribution >= 4 is 16.8 Å². The first-order valence-corrected chi connectivity index (χ1v) is 5.33. The molecule has 0 amide bonds. The predicted octanol–water partition coefficient (Wildman–Crippen LogP) is 2.26. The summed E-state index contributed by atoms with van der Waals surface area (Å²) in [5.74, 6) is 0. The molecule has 0 aliphatic heterocycles. The number of hydrogen-bond donors (Lipinski definition) is 2. The quantitative estimate of drug-likeness (QED) is 0.703. The van der Waals surface area contributed by atoms with Crippen molar-refractivity contribution in [3.63, 3.8) is 0 Å². The first kappa shape index (κ1) is 9.58. The molecule has 0 fully saturated rings. The van der Waals surface area contributed by atoms with Gasteiger partial charge in [-0.3, -0.25) is 0 Å². The Labute approximate surface area is 93.5 Å². The van der Waals surface area contributed by atoms with Gasteiger partial charge in [-0.05, 0) is 21.9 Å². The van der Waals surface area contributed by atoms with Crippen molar-refractivity contribution in [2.24, 2.45) is 0 Å². The molecule has 2 N–H and O–H groups in total. The average molecular weight is 212 g/mol. The molecule has 0 spiro atoms. The maximum atomic E-state index is 10.0. The van der Waals surface area contributed by atoms with Crippen LogP contribution in [0.4, 0.5) is 0 Å². The summed E-state index contributed by atoms with van der Waals surface area (Å²) < 4.78 is 0. The zero-order valence-corrected chi connectivity index (χ0v) is 8.67. The van der Waals surface area contributed by atoms with Crippen LogP contribution in [-0.2, 0) is 0 Å². The smallest absolute Gasteiger partial charge is 0.110 e. The number of benzene rings is 2. The standard InChI is InChI=1S/C14H12O2/c15-12-8-7-10-6-5-9-3-1-2-4-11(9)13(10)14(12)16/h1-8,12,14-16H/t12-,14-/m1/s1. The first-order valence-electron chi connectivity index (χ1n) is 5.33. The van der Waals surface area contributed by atoms with Gasteiger partial charge in [-0.1, -0.05) is 48.6 Å². The zero-order chi connectivity index (χ0) is 11.1. The summed E-state index contributed by atoms with van der Waals surface area (Å²) in [6, 6.07) is 11.9. The topological polar surface area (TPSA) is 40.5 Å². The van der Waals surface area contributed by atoms with E-state index in [1.165, 1.54) is 0 Å². The number of rotatable bonds is 0. The maximum Gasteiger partial charge on any atom is 0.110 e. The fourth-order valence-corrected chi connectivity index (χ4v) is 2.27. The molecule has 2 aromatic carbocycles. The van der Waals surface area contributed by atoms with E-state index >= 15 is 0 Å². The van der Waals surface area contributed by atoms with Gasteiger partial charge in [0.2, 0.25) is 0 Å². The molecule has 2 nitrogen and oxygen atoms in total. The van der Waals surface area contributed by atoms with Gasteiger partial charge in [-0.15, -0.1) is 0 Å². The molecule has 1 aliphatic carbocycles. The van der Waals surface area contributed by atoms with Crippen molar-refractivity contribution in [3.05, 3.63) is 53.6 Å². The molecule has 0 heterocycles. The Bertz CT molecular complexity index is 572. The number of hydrogen-bond acceptors (Lipinski definition) is 2. The molecular formula is C14H12O2. The van der Waals surface area contributed by atoms with Gasteiger partial charge in [0.15, 0.2) is 0 Å². The van der Waals surface area contributed by atoms with Crippen LogP contribution in [0.1, 0.15) is 17.2 Å². The Morgan fingerprint density at radius 2 is 1.75 bits per heavy atom. The summed E-state index contributed by atoms with van der Waals surface area (Å²) in [5.41, 5.74) is 1.81. The van der Waals surface area contributed by atoms with Gasteiger partial charge in [0.1, 0.15) is 12.2 Å². The predicted molar refractivity (Wildman–Crippen MR) is 63.9 cm³/mol. The van der Waals surface area contributed by atoms with Gasteiger partial charge in [0.25, 0.3) is 0 Å². The summed E-state index contributed by atoms with van der Waals surface area (Å²) in [6.07, 6.45) is 1.85. The van der Waals surface area contributed by atoms with E-state index < -0.39 is 12.2 Å². The molecule has 0 bridgehead atoms. The van der Waals surface area contributed by atoms with Crippen molar-refractivity contribution in [3.8, 4) is 0 Å².